The number of amides is 2. The highest BCUT2D eigenvalue weighted by Crippen LogP contribution is 2.35. The molecule has 2 aliphatic rings. The van der Waals surface area contributed by atoms with Crippen LogP contribution in [0.4, 0.5) is 20.5 Å². The molecule has 0 bridgehead atoms. The van der Waals surface area contributed by atoms with Crippen molar-refractivity contribution in [2.24, 2.45) is 7.05 Å². The Bertz CT molecular complexity index is 1540. The molecule has 0 unspecified atom stereocenters. The number of fused-ring (bicyclic) bond motifs is 1. The van der Waals surface area contributed by atoms with E-state index in [2.05, 4.69) is 57.1 Å². The van der Waals surface area contributed by atoms with Gasteiger partial charge in [0.05, 0.1) is 29.5 Å². The van der Waals surface area contributed by atoms with Gasteiger partial charge >= 0.3 is 6.61 Å². The van der Waals surface area contributed by atoms with Crippen LogP contribution in [-0.4, -0.2) is 98.9 Å². The Hall–Kier alpha value is -4.07. The van der Waals surface area contributed by atoms with E-state index in [0.717, 1.165) is 87.0 Å². The number of nitriles is 1. The van der Waals surface area contributed by atoms with Gasteiger partial charge in [0.2, 0.25) is 18.3 Å². The fraction of sp³-hybridized carbons (Fsp3) is 0.548. The standard InChI is InChI=1S/C31H40F2N10O3S/c1-41-27-16-25(22(17-34)15-26(27)29(40-41)39-28(45)3-8-35-20-44)21-4-10-42(11-5-21)9-2-14-47-43-12-6-23(7-13-43)38-31-36-18-24(19-37-31)46-30(32)33/h15-16,18-21,23,30H,2-14H2,1H3,(H,35,44)(H,36,37,38)(H,39,40,45). The predicted octanol–water partition coefficient (Wildman–Crippen LogP) is 3.71. The molecule has 16 heteroatoms. The molecule has 47 heavy (non-hydrogen) atoms. The summed E-state index contributed by atoms with van der Waals surface area (Å²) in [5, 5.41) is 23.8. The Morgan fingerprint density at radius 1 is 1.17 bits per heavy atom. The summed E-state index contributed by atoms with van der Waals surface area (Å²) in [6.45, 7) is 2.25. The number of piperidine rings is 2. The van der Waals surface area contributed by atoms with Crippen molar-refractivity contribution in [2.75, 3.05) is 55.7 Å². The first kappa shape index (κ1) is 34.3. The van der Waals surface area contributed by atoms with E-state index >= 15 is 0 Å². The van der Waals surface area contributed by atoms with Gasteiger partial charge in [0.1, 0.15) is 0 Å². The molecule has 2 amide bonds. The number of nitrogens with zero attached hydrogens (tertiary/aromatic N) is 7. The van der Waals surface area contributed by atoms with E-state index < -0.39 is 6.61 Å². The molecular formula is C31H40F2N10O3S. The minimum atomic E-state index is -2.89. The Morgan fingerprint density at radius 3 is 2.60 bits per heavy atom. The number of hydrogen-bond acceptors (Lipinski definition) is 11. The number of aryl methyl sites for hydroxylation is 1. The van der Waals surface area contributed by atoms with Gasteiger partial charge in [-0.15, -0.1) is 0 Å². The van der Waals surface area contributed by atoms with Crippen LogP contribution in [0.5, 0.6) is 5.75 Å². The summed E-state index contributed by atoms with van der Waals surface area (Å²) in [4.78, 5) is 33.4. The average molecular weight is 671 g/mol. The van der Waals surface area contributed by atoms with Crippen molar-refractivity contribution in [3.63, 3.8) is 0 Å². The number of carbonyl (C=O) groups excluding carboxylic acids is 2. The summed E-state index contributed by atoms with van der Waals surface area (Å²) >= 11 is 1.89. The van der Waals surface area contributed by atoms with Crippen LogP contribution in [0, 0.1) is 11.3 Å². The second-order valence-corrected chi connectivity index (χ2v) is 12.9. The van der Waals surface area contributed by atoms with Gasteiger partial charge in [0.15, 0.2) is 11.6 Å². The number of ether oxygens (including phenoxy) is 1. The van der Waals surface area contributed by atoms with Gasteiger partial charge < -0.3 is 25.6 Å². The SMILES string of the molecule is Cn1nc(NC(=O)CCNC=O)c2cc(C#N)c(C3CCN(CCCSN4CCC(Nc5ncc(OC(F)F)cn5)CC4)CC3)cc21. The lowest BCUT2D eigenvalue weighted by atomic mass is 9.86. The number of carbonyl (C=O) groups is 2. The van der Waals surface area contributed by atoms with Crippen LogP contribution in [0.2, 0.25) is 0 Å². The number of anilines is 2. The summed E-state index contributed by atoms with van der Waals surface area (Å²) in [5.41, 5.74) is 2.51. The molecule has 5 rings (SSSR count). The molecule has 0 atom stereocenters. The lowest BCUT2D eigenvalue weighted by Crippen LogP contribution is -2.36. The molecule has 3 N–H and O–H groups in total. The lowest BCUT2D eigenvalue weighted by Gasteiger charge is -2.33. The van der Waals surface area contributed by atoms with Crippen LogP contribution in [0.1, 0.15) is 55.6 Å². The maximum Gasteiger partial charge on any atom is 0.387 e. The molecule has 0 saturated carbocycles. The normalized spacial score (nSPS) is 16.7. The highest BCUT2D eigenvalue weighted by atomic mass is 32.2. The summed E-state index contributed by atoms with van der Waals surface area (Å²) < 4.78 is 33.1. The average Bonchev–Trinajstić information content (AvgIpc) is 3.37. The monoisotopic (exact) mass is 670 g/mol. The van der Waals surface area contributed by atoms with E-state index in [-0.39, 0.29) is 36.6 Å². The molecule has 0 spiro atoms. The van der Waals surface area contributed by atoms with Crippen LogP contribution >= 0.6 is 11.9 Å². The number of nitrogens with one attached hydrogen (secondary N) is 3. The van der Waals surface area contributed by atoms with E-state index in [1.54, 1.807) is 4.68 Å². The molecule has 2 aliphatic heterocycles. The Morgan fingerprint density at radius 2 is 1.91 bits per heavy atom. The van der Waals surface area contributed by atoms with Crippen LogP contribution in [-0.2, 0) is 16.6 Å². The van der Waals surface area contributed by atoms with E-state index in [4.69, 9.17) is 0 Å². The maximum absolute atomic E-state index is 12.3. The first-order valence-electron chi connectivity index (χ1n) is 15.8. The zero-order chi connectivity index (χ0) is 33.2. The summed E-state index contributed by atoms with van der Waals surface area (Å²) in [6, 6.07) is 6.49. The van der Waals surface area contributed by atoms with Crippen LogP contribution in [0.15, 0.2) is 24.5 Å². The van der Waals surface area contributed by atoms with Gasteiger partial charge in [-0.25, -0.2) is 9.97 Å². The molecule has 0 radical (unpaired) electrons. The van der Waals surface area contributed by atoms with E-state index in [0.29, 0.717) is 23.7 Å². The van der Waals surface area contributed by atoms with E-state index in [9.17, 15) is 23.6 Å². The molecule has 4 heterocycles. The minimum Gasteiger partial charge on any atom is -0.432 e. The van der Waals surface area contributed by atoms with Gasteiger partial charge in [-0.1, -0.05) is 11.9 Å². The van der Waals surface area contributed by atoms with Crippen molar-refractivity contribution < 1.29 is 23.1 Å². The van der Waals surface area contributed by atoms with Gasteiger partial charge in [-0.2, -0.15) is 19.1 Å². The minimum absolute atomic E-state index is 0.0567. The maximum atomic E-state index is 12.3. The number of hydrogen-bond donors (Lipinski definition) is 3. The van der Waals surface area contributed by atoms with E-state index in [1.807, 2.05) is 25.1 Å². The number of alkyl halides is 2. The molecule has 1 aromatic carbocycles. The molecule has 2 saturated heterocycles. The number of rotatable bonds is 15. The molecule has 2 aromatic heterocycles. The fourth-order valence-electron chi connectivity index (χ4n) is 6.10. The van der Waals surface area contributed by atoms with Crippen molar-refractivity contribution in [3.05, 3.63) is 35.7 Å². The highest BCUT2D eigenvalue weighted by molar-refractivity contribution is 7.97. The largest absolute Gasteiger partial charge is 0.432 e. The lowest BCUT2D eigenvalue weighted by molar-refractivity contribution is -0.116. The first-order valence-corrected chi connectivity index (χ1v) is 16.8. The van der Waals surface area contributed by atoms with Crippen molar-refractivity contribution in [2.45, 2.75) is 57.1 Å². The van der Waals surface area contributed by atoms with Gasteiger partial charge in [-0.05, 0) is 75.4 Å². The third-order valence-corrected chi connectivity index (χ3v) is 9.74. The van der Waals surface area contributed by atoms with Gasteiger partial charge in [0, 0.05) is 50.3 Å². The number of likely N-dealkylation sites (tertiary alicyclic amines) is 1. The van der Waals surface area contributed by atoms with Crippen molar-refractivity contribution in [3.8, 4) is 11.8 Å². The van der Waals surface area contributed by atoms with Crippen LogP contribution < -0.4 is 20.7 Å². The molecular weight excluding hydrogens is 630 g/mol. The second kappa shape index (κ2) is 16.7. The second-order valence-electron chi connectivity index (χ2n) is 11.7. The van der Waals surface area contributed by atoms with Crippen molar-refractivity contribution in [1.82, 2.24) is 34.3 Å². The zero-order valence-corrected chi connectivity index (χ0v) is 27.1. The Kier molecular flexibility index (Phi) is 12.1. The van der Waals surface area contributed by atoms with Crippen LogP contribution in [0.3, 0.4) is 0 Å². The van der Waals surface area contributed by atoms with Gasteiger partial charge in [-0.3, -0.25) is 18.6 Å². The Balaban J connectivity index is 1.02. The molecule has 0 aliphatic carbocycles. The van der Waals surface area contributed by atoms with Gasteiger partial charge in [0.25, 0.3) is 0 Å². The molecule has 2 fully saturated rings. The summed E-state index contributed by atoms with van der Waals surface area (Å²) in [5.74, 6) is 1.85. The third-order valence-electron chi connectivity index (χ3n) is 8.54. The third kappa shape index (κ3) is 9.49. The van der Waals surface area contributed by atoms with Crippen molar-refractivity contribution >= 4 is 46.9 Å². The molecule has 252 valence electrons. The van der Waals surface area contributed by atoms with E-state index in [1.165, 1.54) is 12.4 Å². The van der Waals surface area contributed by atoms with Crippen molar-refractivity contribution in [1.29, 1.82) is 5.26 Å². The Labute approximate surface area is 276 Å². The summed E-state index contributed by atoms with van der Waals surface area (Å²) in [7, 11) is 1.83. The summed E-state index contributed by atoms with van der Waals surface area (Å²) in [6.07, 6.45) is 8.14. The molecule has 13 nitrogen and oxygen atoms in total. The number of benzene rings is 1. The fourth-order valence-corrected chi connectivity index (χ4v) is 7.09. The topological polar surface area (TPSA) is 153 Å². The smallest absolute Gasteiger partial charge is 0.387 e. The van der Waals surface area contributed by atoms with Crippen LogP contribution in [0.25, 0.3) is 10.9 Å². The first-order chi connectivity index (χ1) is 22.8. The molecule has 3 aromatic rings. The quantitative estimate of drug-likeness (QED) is 0.123. The number of halogens is 2. The highest BCUT2D eigenvalue weighted by Gasteiger charge is 2.25. The number of aromatic nitrogens is 4. The zero-order valence-electron chi connectivity index (χ0n) is 26.3. The predicted molar refractivity (Wildman–Crippen MR) is 175 cm³/mol.